The van der Waals surface area contributed by atoms with Gasteiger partial charge in [0, 0.05) is 25.6 Å². The topological polar surface area (TPSA) is 61.4 Å². The molecule has 0 bridgehead atoms. The van der Waals surface area contributed by atoms with E-state index in [0.717, 1.165) is 25.9 Å². The van der Waals surface area contributed by atoms with Gasteiger partial charge in [-0.15, -0.1) is 12.4 Å². The maximum atomic E-state index is 12.6. The monoisotopic (exact) mass is 333 g/mol. The molecular weight excluding hydrogens is 302 g/mol. The van der Waals surface area contributed by atoms with Crippen LogP contribution < -0.4 is 10.6 Å². The SMILES string of the molecule is CNC1CCN(C(=O)C(NC(=O)CC(C)C)C(C)C)CC1.Cl. The smallest absolute Gasteiger partial charge is 0.245 e. The number of carbonyl (C=O) groups excluding carboxylic acids is 2. The van der Waals surface area contributed by atoms with Gasteiger partial charge in [0.15, 0.2) is 0 Å². The molecule has 1 atom stereocenters. The maximum absolute atomic E-state index is 12.6. The van der Waals surface area contributed by atoms with E-state index in [2.05, 4.69) is 10.6 Å². The zero-order valence-corrected chi connectivity index (χ0v) is 15.3. The predicted octanol–water partition coefficient (Wildman–Crippen LogP) is 1.81. The molecule has 0 radical (unpaired) electrons. The van der Waals surface area contributed by atoms with Crippen molar-refractivity contribution in [3.05, 3.63) is 0 Å². The van der Waals surface area contributed by atoms with E-state index in [4.69, 9.17) is 0 Å². The molecule has 1 rings (SSSR count). The lowest BCUT2D eigenvalue weighted by Gasteiger charge is -2.35. The first-order valence-electron chi connectivity index (χ1n) is 8.10. The summed E-state index contributed by atoms with van der Waals surface area (Å²) in [5.41, 5.74) is 0. The summed E-state index contributed by atoms with van der Waals surface area (Å²) >= 11 is 0. The van der Waals surface area contributed by atoms with Crippen LogP contribution in [0.1, 0.15) is 47.0 Å². The first kappa shape index (κ1) is 21.2. The molecule has 1 unspecified atom stereocenters. The fraction of sp³-hybridized carbons (Fsp3) is 0.875. The van der Waals surface area contributed by atoms with Gasteiger partial charge >= 0.3 is 0 Å². The third-order valence-corrected chi connectivity index (χ3v) is 4.06. The summed E-state index contributed by atoms with van der Waals surface area (Å²) in [5, 5.41) is 6.19. The lowest BCUT2D eigenvalue weighted by molar-refractivity contribution is -0.138. The Morgan fingerprint density at radius 1 is 1.14 bits per heavy atom. The maximum Gasteiger partial charge on any atom is 0.245 e. The van der Waals surface area contributed by atoms with E-state index >= 15 is 0 Å². The fourth-order valence-corrected chi connectivity index (χ4v) is 2.70. The Morgan fingerprint density at radius 3 is 2.09 bits per heavy atom. The predicted molar refractivity (Wildman–Crippen MR) is 92.1 cm³/mol. The minimum absolute atomic E-state index is 0. The molecule has 130 valence electrons. The standard InChI is InChI=1S/C16H31N3O2.ClH/c1-11(2)10-14(20)18-15(12(3)4)16(21)19-8-6-13(17-5)7-9-19;/h11-13,15,17H,6-10H2,1-5H3,(H,18,20);1H. The summed E-state index contributed by atoms with van der Waals surface area (Å²) in [6.07, 6.45) is 2.43. The third-order valence-electron chi connectivity index (χ3n) is 4.06. The Labute approximate surface area is 141 Å². The summed E-state index contributed by atoms with van der Waals surface area (Å²) in [4.78, 5) is 26.5. The molecular formula is C16H32ClN3O2. The summed E-state index contributed by atoms with van der Waals surface area (Å²) in [6.45, 7) is 9.53. The Morgan fingerprint density at radius 2 is 1.68 bits per heavy atom. The van der Waals surface area contributed by atoms with Gasteiger partial charge in [0.25, 0.3) is 0 Å². The highest BCUT2D eigenvalue weighted by Crippen LogP contribution is 2.14. The number of amides is 2. The highest BCUT2D eigenvalue weighted by Gasteiger charge is 2.30. The first-order chi connectivity index (χ1) is 9.85. The second-order valence-electron chi connectivity index (χ2n) is 6.78. The van der Waals surface area contributed by atoms with Crippen LogP contribution in [-0.2, 0) is 9.59 Å². The number of nitrogens with one attached hydrogen (secondary N) is 2. The van der Waals surface area contributed by atoms with Crippen LogP contribution in [0.5, 0.6) is 0 Å². The molecule has 0 aromatic heterocycles. The van der Waals surface area contributed by atoms with Crippen LogP contribution in [0.3, 0.4) is 0 Å². The van der Waals surface area contributed by atoms with Crippen LogP contribution >= 0.6 is 12.4 Å². The number of rotatable bonds is 6. The molecule has 6 heteroatoms. The van der Waals surface area contributed by atoms with Gasteiger partial charge in [-0.25, -0.2) is 0 Å². The van der Waals surface area contributed by atoms with Crippen LogP contribution in [0.2, 0.25) is 0 Å². The zero-order valence-electron chi connectivity index (χ0n) is 14.5. The minimum atomic E-state index is -0.401. The number of piperidine rings is 1. The summed E-state index contributed by atoms with van der Waals surface area (Å²) < 4.78 is 0. The second kappa shape index (κ2) is 10.1. The van der Waals surface area contributed by atoms with E-state index < -0.39 is 6.04 Å². The van der Waals surface area contributed by atoms with E-state index in [9.17, 15) is 9.59 Å². The molecule has 0 aliphatic carbocycles. The van der Waals surface area contributed by atoms with E-state index in [-0.39, 0.29) is 30.1 Å². The number of hydrogen-bond acceptors (Lipinski definition) is 3. The molecule has 1 aliphatic heterocycles. The van der Waals surface area contributed by atoms with Crippen molar-refractivity contribution in [3.8, 4) is 0 Å². The van der Waals surface area contributed by atoms with Crippen LogP contribution in [0, 0.1) is 11.8 Å². The van der Waals surface area contributed by atoms with Crippen molar-refractivity contribution < 1.29 is 9.59 Å². The van der Waals surface area contributed by atoms with E-state index in [1.807, 2.05) is 39.6 Å². The number of hydrogen-bond donors (Lipinski definition) is 2. The van der Waals surface area contributed by atoms with Crippen LogP contribution in [0.15, 0.2) is 0 Å². The average molecular weight is 334 g/mol. The Bertz CT molecular complexity index is 353. The zero-order chi connectivity index (χ0) is 16.0. The number of halogens is 1. The number of carbonyl (C=O) groups is 2. The highest BCUT2D eigenvalue weighted by molar-refractivity contribution is 5.88. The van der Waals surface area contributed by atoms with Crippen molar-refractivity contribution in [1.82, 2.24) is 15.5 Å². The lowest BCUT2D eigenvalue weighted by atomic mass is 9.99. The van der Waals surface area contributed by atoms with Gasteiger partial charge in [-0.2, -0.15) is 0 Å². The van der Waals surface area contributed by atoms with Crippen molar-refractivity contribution in [2.45, 2.75) is 59.0 Å². The van der Waals surface area contributed by atoms with Crippen molar-refractivity contribution in [2.24, 2.45) is 11.8 Å². The van der Waals surface area contributed by atoms with Crippen molar-refractivity contribution in [2.75, 3.05) is 20.1 Å². The van der Waals surface area contributed by atoms with Gasteiger partial charge in [0.1, 0.15) is 6.04 Å². The summed E-state index contributed by atoms with van der Waals surface area (Å²) in [5.74, 6) is 0.453. The summed E-state index contributed by atoms with van der Waals surface area (Å²) in [6, 6.07) is 0.101. The number of nitrogens with zero attached hydrogens (tertiary/aromatic N) is 1. The summed E-state index contributed by atoms with van der Waals surface area (Å²) in [7, 11) is 1.96. The normalized spacial score (nSPS) is 17.3. The van der Waals surface area contributed by atoms with E-state index in [1.54, 1.807) is 0 Å². The lowest BCUT2D eigenvalue weighted by Crippen LogP contribution is -2.54. The van der Waals surface area contributed by atoms with E-state index in [0.29, 0.717) is 18.4 Å². The van der Waals surface area contributed by atoms with Crippen LogP contribution in [0.4, 0.5) is 0 Å². The van der Waals surface area contributed by atoms with Crippen molar-refractivity contribution >= 4 is 24.2 Å². The van der Waals surface area contributed by atoms with Gasteiger partial charge in [0.05, 0.1) is 0 Å². The molecule has 1 heterocycles. The van der Waals surface area contributed by atoms with E-state index in [1.165, 1.54) is 0 Å². The van der Waals surface area contributed by atoms with Gasteiger partial charge in [0.2, 0.25) is 11.8 Å². The number of likely N-dealkylation sites (tertiary alicyclic amines) is 1. The van der Waals surface area contributed by atoms with Gasteiger partial charge in [-0.3, -0.25) is 9.59 Å². The molecule has 5 nitrogen and oxygen atoms in total. The van der Waals surface area contributed by atoms with Gasteiger partial charge in [-0.05, 0) is 31.7 Å². The second-order valence-corrected chi connectivity index (χ2v) is 6.78. The molecule has 0 aromatic rings. The average Bonchev–Trinajstić information content (AvgIpc) is 2.43. The third kappa shape index (κ3) is 6.53. The largest absolute Gasteiger partial charge is 0.344 e. The Kier molecular flexibility index (Phi) is 9.69. The molecule has 2 amide bonds. The molecule has 0 spiro atoms. The molecule has 0 saturated carbocycles. The minimum Gasteiger partial charge on any atom is -0.344 e. The molecule has 2 N–H and O–H groups in total. The van der Waals surface area contributed by atoms with Crippen LogP contribution in [-0.4, -0.2) is 48.9 Å². The molecule has 1 saturated heterocycles. The molecule has 1 fully saturated rings. The quantitative estimate of drug-likeness (QED) is 0.779. The first-order valence-corrected chi connectivity index (χ1v) is 8.10. The van der Waals surface area contributed by atoms with Gasteiger partial charge in [-0.1, -0.05) is 27.7 Å². The van der Waals surface area contributed by atoms with Gasteiger partial charge < -0.3 is 15.5 Å². The Balaban J connectivity index is 0.00000441. The molecule has 0 aromatic carbocycles. The molecule has 1 aliphatic rings. The van der Waals surface area contributed by atoms with Crippen molar-refractivity contribution in [3.63, 3.8) is 0 Å². The fourth-order valence-electron chi connectivity index (χ4n) is 2.70. The van der Waals surface area contributed by atoms with Crippen molar-refractivity contribution in [1.29, 1.82) is 0 Å². The van der Waals surface area contributed by atoms with Crippen LogP contribution in [0.25, 0.3) is 0 Å². The highest BCUT2D eigenvalue weighted by atomic mass is 35.5. The molecule has 22 heavy (non-hydrogen) atoms. The Hall–Kier alpha value is -0.810.